The molecule has 29 heavy (non-hydrogen) atoms. The van der Waals surface area contributed by atoms with Crippen molar-refractivity contribution >= 4 is 33.8 Å². The summed E-state index contributed by atoms with van der Waals surface area (Å²) in [5.74, 6) is -0.332. The maximum atomic E-state index is 12.5. The molecule has 2 aromatic rings. The molecule has 0 aliphatic carbocycles. The van der Waals surface area contributed by atoms with Crippen molar-refractivity contribution in [3.63, 3.8) is 0 Å². The van der Waals surface area contributed by atoms with Gasteiger partial charge < -0.3 is 15.4 Å². The minimum atomic E-state index is -0.193. The number of carbonyl (C=O) groups excluding carboxylic acids is 2. The van der Waals surface area contributed by atoms with Gasteiger partial charge in [0.2, 0.25) is 11.8 Å². The SMILES string of the molecule is COCCN(CCC(=O)Nc1sccc1C#N)CC(=O)Nc1cccc(C)c1C. The number of rotatable bonds is 10. The molecule has 1 heterocycles. The van der Waals surface area contributed by atoms with E-state index in [0.29, 0.717) is 30.3 Å². The van der Waals surface area contributed by atoms with Crippen LogP contribution in [0.5, 0.6) is 0 Å². The number of aryl methyl sites for hydroxylation is 1. The number of hydrogen-bond acceptors (Lipinski definition) is 6. The van der Waals surface area contributed by atoms with Crippen LogP contribution in [0.4, 0.5) is 10.7 Å². The molecule has 0 aliphatic heterocycles. The van der Waals surface area contributed by atoms with E-state index in [0.717, 1.165) is 16.8 Å². The zero-order valence-corrected chi connectivity index (χ0v) is 17.8. The molecule has 154 valence electrons. The van der Waals surface area contributed by atoms with Gasteiger partial charge in [-0.05, 0) is 42.5 Å². The first-order valence-electron chi connectivity index (χ1n) is 9.29. The van der Waals surface area contributed by atoms with Gasteiger partial charge in [-0.1, -0.05) is 12.1 Å². The quantitative estimate of drug-likeness (QED) is 0.623. The zero-order chi connectivity index (χ0) is 21.2. The van der Waals surface area contributed by atoms with Gasteiger partial charge in [0.15, 0.2) is 0 Å². The fourth-order valence-corrected chi connectivity index (χ4v) is 3.47. The summed E-state index contributed by atoms with van der Waals surface area (Å²) in [7, 11) is 1.60. The van der Waals surface area contributed by atoms with Crippen molar-refractivity contribution in [1.82, 2.24) is 4.90 Å². The normalized spacial score (nSPS) is 10.6. The Bertz CT molecular complexity index is 888. The number of anilines is 2. The third kappa shape index (κ3) is 6.98. The van der Waals surface area contributed by atoms with Crippen molar-refractivity contribution < 1.29 is 14.3 Å². The lowest BCUT2D eigenvalue weighted by Crippen LogP contribution is -2.37. The second-order valence-corrected chi connectivity index (χ2v) is 7.55. The molecule has 0 radical (unpaired) electrons. The summed E-state index contributed by atoms with van der Waals surface area (Å²) in [5.41, 5.74) is 3.39. The molecule has 2 rings (SSSR count). The zero-order valence-electron chi connectivity index (χ0n) is 16.9. The van der Waals surface area contributed by atoms with Crippen molar-refractivity contribution in [3.8, 4) is 6.07 Å². The molecule has 0 aliphatic rings. The highest BCUT2D eigenvalue weighted by Gasteiger charge is 2.15. The van der Waals surface area contributed by atoms with E-state index in [1.54, 1.807) is 18.6 Å². The van der Waals surface area contributed by atoms with Gasteiger partial charge in [-0.2, -0.15) is 5.26 Å². The van der Waals surface area contributed by atoms with Crippen LogP contribution in [0.1, 0.15) is 23.1 Å². The van der Waals surface area contributed by atoms with Crippen LogP contribution in [0.25, 0.3) is 0 Å². The molecule has 2 amide bonds. The van der Waals surface area contributed by atoms with Gasteiger partial charge in [0.25, 0.3) is 0 Å². The maximum Gasteiger partial charge on any atom is 0.238 e. The maximum absolute atomic E-state index is 12.5. The van der Waals surface area contributed by atoms with Gasteiger partial charge >= 0.3 is 0 Å². The Hall–Kier alpha value is -2.73. The number of nitriles is 1. The molecule has 7 nitrogen and oxygen atoms in total. The molecule has 0 atom stereocenters. The minimum Gasteiger partial charge on any atom is -0.383 e. The smallest absolute Gasteiger partial charge is 0.238 e. The second kappa shape index (κ2) is 11.3. The number of nitrogens with zero attached hydrogens (tertiary/aromatic N) is 2. The number of nitrogens with one attached hydrogen (secondary N) is 2. The standard InChI is InChI=1S/C21H26N4O3S/c1-15-5-4-6-18(16(15)2)23-20(27)14-25(10-11-28-3)9-7-19(26)24-21-17(13-22)8-12-29-21/h4-6,8,12H,7,9-11,14H2,1-3H3,(H,23,27)(H,24,26). The fraction of sp³-hybridized carbons (Fsp3) is 0.381. The third-order valence-corrected chi connectivity index (χ3v) is 5.38. The Balaban J connectivity index is 1.91. The van der Waals surface area contributed by atoms with E-state index >= 15 is 0 Å². The molecule has 1 aromatic carbocycles. The Morgan fingerprint density at radius 2 is 1.97 bits per heavy atom. The predicted molar refractivity (Wildman–Crippen MR) is 115 cm³/mol. The molecule has 0 unspecified atom stereocenters. The van der Waals surface area contributed by atoms with Crippen molar-refractivity contribution in [2.75, 3.05) is 44.0 Å². The molecule has 0 bridgehead atoms. The lowest BCUT2D eigenvalue weighted by Gasteiger charge is -2.21. The van der Waals surface area contributed by atoms with E-state index in [2.05, 4.69) is 10.6 Å². The number of thiophene rings is 1. The molecule has 1 aromatic heterocycles. The Labute approximate surface area is 175 Å². The minimum absolute atomic E-state index is 0.139. The van der Waals surface area contributed by atoms with Crippen LogP contribution in [0, 0.1) is 25.2 Å². The number of hydrogen-bond donors (Lipinski definition) is 2. The van der Waals surface area contributed by atoms with Crippen LogP contribution in [-0.4, -0.2) is 50.1 Å². The summed E-state index contributed by atoms with van der Waals surface area (Å²) < 4.78 is 5.12. The Morgan fingerprint density at radius 3 is 2.69 bits per heavy atom. The highest BCUT2D eigenvalue weighted by Crippen LogP contribution is 2.22. The molecule has 8 heteroatoms. The van der Waals surface area contributed by atoms with Crippen molar-refractivity contribution in [1.29, 1.82) is 5.26 Å². The summed E-state index contributed by atoms with van der Waals surface area (Å²) in [6.45, 7) is 5.53. The van der Waals surface area contributed by atoms with Gasteiger partial charge in [0, 0.05) is 32.3 Å². The summed E-state index contributed by atoms with van der Waals surface area (Å²) in [6, 6.07) is 9.50. The van der Waals surface area contributed by atoms with Gasteiger partial charge in [-0.25, -0.2) is 0 Å². The largest absolute Gasteiger partial charge is 0.383 e. The van der Waals surface area contributed by atoms with Crippen LogP contribution in [0.2, 0.25) is 0 Å². The number of ether oxygens (including phenoxy) is 1. The number of benzene rings is 1. The van der Waals surface area contributed by atoms with Crippen LogP contribution in [0.3, 0.4) is 0 Å². The van der Waals surface area contributed by atoms with E-state index in [4.69, 9.17) is 10.00 Å². The van der Waals surface area contributed by atoms with Crippen LogP contribution < -0.4 is 10.6 Å². The topological polar surface area (TPSA) is 94.5 Å². The molecule has 0 spiro atoms. The van der Waals surface area contributed by atoms with Crippen molar-refractivity contribution in [3.05, 3.63) is 46.3 Å². The van der Waals surface area contributed by atoms with Crippen molar-refractivity contribution in [2.45, 2.75) is 20.3 Å². The average Bonchev–Trinajstić information content (AvgIpc) is 3.14. The van der Waals surface area contributed by atoms with E-state index in [1.165, 1.54) is 11.3 Å². The third-order valence-electron chi connectivity index (χ3n) is 4.55. The fourth-order valence-electron chi connectivity index (χ4n) is 2.71. The first-order chi connectivity index (χ1) is 13.9. The first-order valence-corrected chi connectivity index (χ1v) is 10.2. The summed E-state index contributed by atoms with van der Waals surface area (Å²) >= 11 is 1.31. The van der Waals surface area contributed by atoms with E-state index in [-0.39, 0.29) is 24.8 Å². The monoisotopic (exact) mass is 414 g/mol. The molecule has 0 saturated heterocycles. The molecule has 0 saturated carbocycles. The number of carbonyl (C=O) groups is 2. The second-order valence-electron chi connectivity index (χ2n) is 6.64. The lowest BCUT2D eigenvalue weighted by molar-refractivity contribution is -0.119. The molecular formula is C21H26N4O3S. The summed E-state index contributed by atoms with van der Waals surface area (Å²) in [6.07, 6.45) is 0.212. The highest BCUT2D eigenvalue weighted by atomic mass is 32.1. The highest BCUT2D eigenvalue weighted by molar-refractivity contribution is 7.14. The first kappa shape index (κ1) is 22.6. The lowest BCUT2D eigenvalue weighted by atomic mass is 10.1. The van der Waals surface area contributed by atoms with Gasteiger partial charge in [-0.15, -0.1) is 11.3 Å². The van der Waals surface area contributed by atoms with Crippen LogP contribution in [0.15, 0.2) is 29.6 Å². The van der Waals surface area contributed by atoms with Crippen molar-refractivity contribution in [2.24, 2.45) is 0 Å². The van der Waals surface area contributed by atoms with E-state index in [1.807, 2.05) is 43.0 Å². The summed E-state index contributed by atoms with van der Waals surface area (Å²) in [5, 5.41) is 17.0. The predicted octanol–water partition coefficient (Wildman–Crippen LogP) is 3.15. The molecule has 0 fully saturated rings. The number of amides is 2. The molecular weight excluding hydrogens is 388 g/mol. The number of methoxy groups -OCH3 is 1. The average molecular weight is 415 g/mol. The van der Waals surface area contributed by atoms with Crippen LogP contribution in [-0.2, 0) is 14.3 Å². The van der Waals surface area contributed by atoms with Gasteiger partial charge in [0.1, 0.15) is 11.1 Å². The molecule has 2 N–H and O–H groups in total. The Kier molecular flexibility index (Phi) is 8.80. The van der Waals surface area contributed by atoms with E-state index < -0.39 is 0 Å². The van der Waals surface area contributed by atoms with E-state index in [9.17, 15) is 9.59 Å². The van der Waals surface area contributed by atoms with Gasteiger partial charge in [0.05, 0.1) is 18.7 Å². The van der Waals surface area contributed by atoms with Gasteiger partial charge in [-0.3, -0.25) is 14.5 Å². The Morgan fingerprint density at radius 1 is 1.17 bits per heavy atom. The summed E-state index contributed by atoms with van der Waals surface area (Å²) in [4.78, 5) is 26.6. The van der Waals surface area contributed by atoms with Crippen LogP contribution >= 0.6 is 11.3 Å².